The lowest BCUT2D eigenvalue weighted by Crippen LogP contribution is -1.99. The molecule has 172 valence electrons. The fourth-order valence-corrected chi connectivity index (χ4v) is 3.68. The third-order valence-electron chi connectivity index (χ3n) is 5.67. The van der Waals surface area contributed by atoms with Gasteiger partial charge in [0, 0.05) is 16.8 Å². The second-order valence-corrected chi connectivity index (χ2v) is 8.32. The van der Waals surface area contributed by atoms with Gasteiger partial charge in [0.1, 0.15) is 5.75 Å². The molecule has 0 bridgehead atoms. The molecule has 34 heavy (non-hydrogen) atoms. The zero-order valence-electron chi connectivity index (χ0n) is 19.3. The van der Waals surface area contributed by atoms with Crippen LogP contribution in [0.4, 0.5) is 8.78 Å². The Hall–Kier alpha value is -3.71. The second kappa shape index (κ2) is 11.4. The van der Waals surface area contributed by atoms with Crippen molar-refractivity contribution in [2.24, 2.45) is 0 Å². The van der Waals surface area contributed by atoms with E-state index in [-0.39, 0.29) is 0 Å². The van der Waals surface area contributed by atoms with Crippen molar-refractivity contribution in [2.45, 2.75) is 39.0 Å². The summed E-state index contributed by atoms with van der Waals surface area (Å²) < 4.78 is 32.6. The molecule has 0 fully saturated rings. The lowest BCUT2D eigenvalue weighted by atomic mass is 10.0. The average Bonchev–Trinajstić information content (AvgIpc) is 2.86. The highest BCUT2D eigenvalue weighted by molar-refractivity contribution is 5.84. The molecule has 4 rings (SSSR count). The van der Waals surface area contributed by atoms with E-state index in [1.54, 1.807) is 18.3 Å². The minimum Gasteiger partial charge on any atom is -0.492 e. The summed E-state index contributed by atoms with van der Waals surface area (Å²) in [5.41, 5.74) is 3.91. The number of fused-ring (bicyclic) bond motifs is 1. The predicted octanol–water partition coefficient (Wildman–Crippen LogP) is 7.27. The molecule has 0 aliphatic rings. The van der Waals surface area contributed by atoms with Gasteiger partial charge in [0.05, 0.1) is 12.8 Å². The van der Waals surface area contributed by atoms with Crippen LogP contribution in [0.5, 0.6) is 5.75 Å². The molecule has 3 aromatic carbocycles. The first-order valence-corrected chi connectivity index (χ1v) is 11.7. The van der Waals surface area contributed by atoms with E-state index in [1.165, 1.54) is 30.5 Å². The van der Waals surface area contributed by atoms with Gasteiger partial charge >= 0.3 is 0 Å². The van der Waals surface area contributed by atoms with E-state index in [0.29, 0.717) is 10.8 Å². The number of hydrogen-bond donors (Lipinski definition) is 0. The van der Waals surface area contributed by atoms with Crippen LogP contribution in [0.15, 0.2) is 72.9 Å². The Balaban J connectivity index is 1.32. The molecular weight excluding hydrogens is 428 g/mol. The maximum atomic E-state index is 13.5. The first kappa shape index (κ1) is 23.4. The zero-order chi connectivity index (χ0) is 23.8. The Kier molecular flexibility index (Phi) is 7.88. The zero-order valence-corrected chi connectivity index (χ0v) is 19.3. The van der Waals surface area contributed by atoms with Crippen LogP contribution in [0, 0.1) is 23.5 Å². The molecule has 0 saturated carbocycles. The molecule has 1 aromatic heterocycles. The van der Waals surface area contributed by atoms with Gasteiger partial charge in [-0.1, -0.05) is 49.8 Å². The van der Waals surface area contributed by atoms with Crippen LogP contribution >= 0.6 is 0 Å². The van der Waals surface area contributed by atoms with Crippen LogP contribution in [0.1, 0.15) is 48.6 Å². The molecule has 0 aliphatic heterocycles. The molecule has 4 heteroatoms. The van der Waals surface area contributed by atoms with Crippen molar-refractivity contribution in [3.05, 3.63) is 107 Å². The summed E-state index contributed by atoms with van der Waals surface area (Å²) in [5.74, 6) is 5.37. The summed E-state index contributed by atoms with van der Waals surface area (Å²) in [6.45, 7) is 2.92. The van der Waals surface area contributed by atoms with E-state index in [4.69, 9.17) is 4.74 Å². The molecule has 0 spiro atoms. The topological polar surface area (TPSA) is 22.1 Å². The van der Waals surface area contributed by atoms with E-state index < -0.39 is 11.6 Å². The molecule has 0 N–H and O–H groups in total. The van der Waals surface area contributed by atoms with Crippen molar-refractivity contribution >= 4 is 10.8 Å². The fourth-order valence-electron chi connectivity index (χ4n) is 3.68. The van der Waals surface area contributed by atoms with Gasteiger partial charge in [-0.25, -0.2) is 8.78 Å². The van der Waals surface area contributed by atoms with E-state index in [2.05, 4.69) is 35.9 Å². The molecule has 0 atom stereocenters. The normalized spacial score (nSPS) is 10.7. The van der Waals surface area contributed by atoms with Crippen molar-refractivity contribution in [2.75, 3.05) is 6.61 Å². The number of benzene rings is 3. The molecule has 0 amide bonds. The summed E-state index contributed by atoms with van der Waals surface area (Å²) in [5, 5.41) is 1.28. The van der Waals surface area contributed by atoms with Crippen molar-refractivity contribution < 1.29 is 13.5 Å². The van der Waals surface area contributed by atoms with E-state index >= 15 is 0 Å². The molecule has 0 unspecified atom stereocenters. The summed E-state index contributed by atoms with van der Waals surface area (Å²) in [7, 11) is 0. The van der Waals surface area contributed by atoms with Gasteiger partial charge in [0.25, 0.3) is 0 Å². The lowest BCUT2D eigenvalue weighted by molar-refractivity contribution is 0.305. The van der Waals surface area contributed by atoms with Gasteiger partial charge in [-0.2, -0.15) is 0 Å². The van der Waals surface area contributed by atoms with E-state index in [9.17, 15) is 8.78 Å². The first-order chi connectivity index (χ1) is 16.6. The van der Waals surface area contributed by atoms with Crippen LogP contribution in [0.3, 0.4) is 0 Å². The molecular formula is C30H27F2NO. The van der Waals surface area contributed by atoms with Crippen molar-refractivity contribution in [1.29, 1.82) is 0 Å². The van der Waals surface area contributed by atoms with Crippen molar-refractivity contribution in [1.82, 2.24) is 4.98 Å². The minimum absolute atomic E-state index is 0.630. The molecule has 0 saturated heterocycles. The summed E-state index contributed by atoms with van der Waals surface area (Å²) in [6, 6.07) is 19.9. The third kappa shape index (κ3) is 6.42. The standard InChI is InChI=1S/C30H27F2NO/c1-2-3-4-17-34-28-16-15-27(33-21-28)14-12-23-7-5-22(6-8-23)9-10-24-11-13-25-19-29(31)30(32)20-26(25)18-24/h5-8,11,13,15-16,18-21H,2-4,12,14,17H2,1H3. The summed E-state index contributed by atoms with van der Waals surface area (Å²) in [6.07, 6.45) is 6.99. The number of rotatable bonds is 8. The van der Waals surface area contributed by atoms with E-state index in [0.717, 1.165) is 48.4 Å². The Morgan fingerprint density at radius 3 is 2.24 bits per heavy atom. The highest BCUT2D eigenvalue weighted by Gasteiger charge is 2.04. The van der Waals surface area contributed by atoms with Crippen LogP contribution in [-0.2, 0) is 12.8 Å². The monoisotopic (exact) mass is 455 g/mol. The molecule has 4 aromatic rings. The molecule has 0 aliphatic carbocycles. The van der Waals surface area contributed by atoms with Gasteiger partial charge in [-0.05, 0) is 84.1 Å². The van der Waals surface area contributed by atoms with E-state index in [1.807, 2.05) is 30.3 Å². The number of unbranched alkanes of at least 4 members (excludes halogenated alkanes) is 2. The number of pyridine rings is 1. The highest BCUT2D eigenvalue weighted by Crippen LogP contribution is 2.20. The van der Waals surface area contributed by atoms with Crippen molar-refractivity contribution in [3.63, 3.8) is 0 Å². The molecule has 0 radical (unpaired) electrons. The van der Waals surface area contributed by atoms with Crippen LogP contribution in [0.2, 0.25) is 0 Å². The van der Waals surface area contributed by atoms with Crippen LogP contribution in [0.25, 0.3) is 10.8 Å². The first-order valence-electron chi connectivity index (χ1n) is 11.7. The fraction of sp³-hybridized carbons (Fsp3) is 0.233. The Bertz CT molecular complexity index is 1300. The summed E-state index contributed by atoms with van der Waals surface area (Å²) in [4.78, 5) is 4.51. The SMILES string of the molecule is CCCCCOc1ccc(CCc2ccc(C#Cc3ccc4cc(F)c(F)cc4c3)cc2)nc1. The minimum atomic E-state index is -0.852. The maximum absolute atomic E-state index is 13.5. The third-order valence-corrected chi connectivity index (χ3v) is 5.67. The van der Waals surface area contributed by atoms with Crippen LogP contribution < -0.4 is 4.74 Å². The number of nitrogens with zero attached hydrogens (tertiary/aromatic N) is 1. The smallest absolute Gasteiger partial charge is 0.159 e. The molecule has 1 heterocycles. The predicted molar refractivity (Wildman–Crippen MR) is 133 cm³/mol. The van der Waals surface area contributed by atoms with Crippen LogP contribution in [-0.4, -0.2) is 11.6 Å². The number of aryl methyl sites for hydroxylation is 2. The lowest BCUT2D eigenvalue weighted by Gasteiger charge is -2.06. The molecule has 2 nitrogen and oxygen atoms in total. The Morgan fingerprint density at radius 1 is 0.765 bits per heavy atom. The number of hydrogen-bond acceptors (Lipinski definition) is 2. The quantitative estimate of drug-likeness (QED) is 0.206. The second-order valence-electron chi connectivity index (χ2n) is 8.32. The van der Waals surface area contributed by atoms with Gasteiger partial charge in [0.15, 0.2) is 11.6 Å². The van der Waals surface area contributed by atoms with Gasteiger partial charge in [0.2, 0.25) is 0 Å². The van der Waals surface area contributed by atoms with Gasteiger partial charge in [-0.3, -0.25) is 4.98 Å². The maximum Gasteiger partial charge on any atom is 0.159 e. The number of ether oxygens (including phenoxy) is 1. The van der Waals surface area contributed by atoms with Crippen molar-refractivity contribution in [3.8, 4) is 17.6 Å². The van der Waals surface area contributed by atoms with Gasteiger partial charge in [-0.15, -0.1) is 0 Å². The highest BCUT2D eigenvalue weighted by atomic mass is 19.2. The summed E-state index contributed by atoms with van der Waals surface area (Å²) >= 11 is 0. The average molecular weight is 456 g/mol. The Morgan fingerprint density at radius 2 is 1.50 bits per heavy atom. The van der Waals surface area contributed by atoms with Gasteiger partial charge < -0.3 is 4.74 Å². The Labute approximate surface area is 199 Å². The largest absolute Gasteiger partial charge is 0.492 e. The number of halogens is 2. The number of aromatic nitrogens is 1.